The Bertz CT molecular complexity index is 116. The van der Waals surface area contributed by atoms with Gasteiger partial charge in [0.1, 0.15) is 0 Å². The lowest BCUT2D eigenvalue weighted by atomic mass is 9.85. The summed E-state index contributed by atoms with van der Waals surface area (Å²) in [7, 11) is 2.23. The van der Waals surface area contributed by atoms with Crippen molar-refractivity contribution in [3.8, 4) is 0 Å². The number of likely N-dealkylation sites (N-methyl/N-ethyl adjacent to an activating group) is 1. The first-order chi connectivity index (χ1) is 4.33. The van der Waals surface area contributed by atoms with Crippen molar-refractivity contribution in [1.82, 2.24) is 10.2 Å². The average molecular weight is 126 g/mol. The molecule has 1 N–H and O–H groups in total. The van der Waals surface area contributed by atoms with Crippen molar-refractivity contribution in [2.24, 2.45) is 0 Å². The maximum atomic E-state index is 3.40. The molecule has 2 aliphatic rings. The van der Waals surface area contributed by atoms with Crippen LogP contribution in [0, 0.1) is 0 Å². The molecule has 2 rings (SSSR count). The summed E-state index contributed by atoms with van der Waals surface area (Å²) in [5.41, 5.74) is 0.597. The fourth-order valence-corrected chi connectivity index (χ4v) is 1.92. The lowest BCUT2D eigenvalue weighted by molar-refractivity contribution is 0.0292. The van der Waals surface area contributed by atoms with Gasteiger partial charge in [0.2, 0.25) is 0 Å². The zero-order valence-electron chi connectivity index (χ0n) is 5.98. The van der Waals surface area contributed by atoms with Gasteiger partial charge in [-0.2, -0.15) is 0 Å². The highest BCUT2D eigenvalue weighted by Gasteiger charge is 2.43. The summed E-state index contributed by atoms with van der Waals surface area (Å²) in [4.78, 5) is 2.48. The maximum Gasteiger partial charge on any atom is 0.0355 e. The molecule has 0 aromatic carbocycles. The van der Waals surface area contributed by atoms with Gasteiger partial charge in [0, 0.05) is 18.6 Å². The molecule has 1 spiro atoms. The Hall–Kier alpha value is -0.0800. The SMILES string of the molecule is CN1CCC12CCNC2. The molecule has 0 aliphatic carbocycles. The van der Waals surface area contributed by atoms with Gasteiger partial charge in [0.15, 0.2) is 0 Å². The molecule has 9 heavy (non-hydrogen) atoms. The maximum absolute atomic E-state index is 3.40. The van der Waals surface area contributed by atoms with E-state index in [-0.39, 0.29) is 0 Å². The predicted molar refractivity (Wildman–Crippen MR) is 37.5 cm³/mol. The van der Waals surface area contributed by atoms with E-state index in [1.807, 2.05) is 0 Å². The molecule has 0 aromatic rings. The summed E-state index contributed by atoms with van der Waals surface area (Å²) in [5, 5.41) is 3.40. The van der Waals surface area contributed by atoms with Gasteiger partial charge in [0.05, 0.1) is 0 Å². The smallest absolute Gasteiger partial charge is 0.0355 e. The molecule has 2 saturated heterocycles. The zero-order chi connectivity index (χ0) is 6.32. The number of nitrogens with zero attached hydrogens (tertiary/aromatic N) is 1. The fraction of sp³-hybridized carbons (Fsp3) is 1.00. The average Bonchev–Trinajstić information content (AvgIpc) is 2.34. The molecule has 1 atom stereocenters. The summed E-state index contributed by atoms with van der Waals surface area (Å²) in [6.07, 6.45) is 2.78. The van der Waals surface area contributed by atoms with Crippen LogP contribution in [0.25, 0.3) is 0 Å². The minimum absolute atomic E-state index is 0.597. The molecule has 2 heterocycles. The second-order valence-electron chi connectivity index (χ2n) is 3.32. The van der Waals surface area contributed by atoms with Gasteiger partial charge in [-0.3, -0.25) is 4.90 Å². The molecule has 0 bridgehead atoms. The minimum atomic E-state index is 0.597. The highest BCUT2D eigenvalue weighted by molar-refractivity contribution is 5.03. The number of hydrogen-bond acceptors (Lipinski definition) is 2. The van der Waals surface area contributed by atoms with Crippen LogP contribution in [-0.4, -0.2) is 37.1 Å². The van der Waals surface area contributed by atoms with E-state index < -0.39 is 0 Å². The van der Waals surface area contributed by atoms with Crippen molar-refractivity contribution < 1.29 is 0 Å². The van der Waals surface area contributed by atoms with Gasteiger partial charge in [-0.05, 0) is 26.4 Å². The third kappa shape index (κ3) is 0.634. The second kappa shape index (κ2) is 1.70. The van der Waals surface area contributed by atoms with E-state index in [1.54, 1.807) is 0 Å². The molecule has 1 unspecified atom stereocenters. The number of nitrogens with one attached hydrogen (secondary N) is 1. The van der Waals surface area contributed by atoms with Crippen molar-refractivity contribution in [2.75, 3.05) is 26.7 Å². The lowest BCUT2D eigenvalue weighted by Crippen LogP contribution is -2.58. The van der Waals surface area contributed by atoms with Crippen LogP contribution >= 0.6 is 0 Å². The Morgan fingerprint density at radius 3 is 2.56 bits per heavy atom. The first kappa shape index (κ1) is 5.69. The molecule has 2 nitrogen and oxygen atoms in total. The predicted octanol–water partition coefficient (Wildman–Crippen LogP) is 0.0540. The topological polar surface area (TPSA) is 15.3 Å². The summed E-state index contributed by atoms with van der Waals surface area (Å²) in [6.45, 7) is 3.76. The van der Waals surface area contributed by atoms with E-state index in [4.69, 9.17) is 0 Å². The van der Waals surface area contributed by atoms with E-state index in [1.165, 1.54) is 32.5 Å². The van der Waals surface area contributed by atoms with Crippen LogP contribution in [-0.2, 0) is 0 Å². The van der Waals surface area contributed by atoms with Gasteiger partial charge < -0.3 is 5.32 Å². The van der Waals surface area contributed by atoms with Crippen LogP contribution in [0.5, 0.6) is 0 Å². The molecule has 0 aromatic heterocycles. The molecule has 0 amide bonds. The highest BCUT2D eigenvalue weighted by Crippen LogP contribution is 2.33. The monoisotopic (exact) mass is 126 g/mol. The fourth-order valence-electron chi connectivity index (χ4n) is 1.92. The summed E-state index contributed by atoms with van der Waals surface area (Å²) in [6, 6.07) is 0. The number of rotatable bonds is 0. The van der Waals surface area contributed by atoms with Crippen LogP contribution in [0.3, 0.4) is 0 Å². The first-order valence-electron chi connectivity index (χ1n) is 3.75. The molecular weight excluding hydrogens is 112 g/mol. The van der Waals surface area contributed by atoms with Gasteiger partial charge in [-0.1, -0.05) is 0 Å². The van der Waals surface area contributed by atoms with Crippen molar-refractivity contribution in [3.63, 3.8) is 0 Å². The van der Waals surface area contributed by atoms with E-state index >= 15 is 0 Å². The molecule has 2 aliphatic heterocycles. The summed E-state index contributed by atoms with van der Waals surface area (Å²) < 4.78 is 0. The Balaban J connectivity index is 2.06. The largest absolute Gasteiger partial charge is 0.315 e. The number of hydrogen-bond donors (Lipinski definition) is 1. The first-order valence-corrected chi connectivity index (χ1v) is 3.75. The van der Waals surface area contributed by atoms with Crippen LogP contribution in [0.2, 0.25) is 0 Å². The highest BCUT2D eigenvalue weighted by atomic mass is 15.3. The van der Waals surface area contributed by atoms with E-state index in [2.05, 4.69) is 17.3 Å². The van der Waals surface area contributed by atoms with Crippen molar-refractivity contribution >= 4 is 0 Å². The van der Waals surface area contributed by atoms with Crippen LogP contribution in [0.4, 0.5) is 0 Å². The number of likely N-dealkylation sites (tertiary alicyclic amines) is 1. The standard InChI is InChI=1S/C7H14N2/c1-9-5-3-7(9)2-4-8-6-7/h8H,2-6H2,1H3. The van der Waals surface area contributed by atoms with Crippen molar-refractivity contribution in [2.45, 2.75) is 18.4 Å². The van der Waals surface area contributed by atoms with Gasteiger partial charge in [0.25, 0.3) is 0 Å². The summed E-state index contributed by atoms with van der Waals surface area (Å²) >= 11 is 0. The van der Waals surface area contributed by atoms with Gasteiger partial charge in [-0.25, -0.2) is 0 Å². The Kier molecular flexibility index (Phi) is 1.08. The zero-order valence-corrected chi connectivity index (χ0v) is 5.98. The van der Waals surface area contributed by atoms with Crippen LogP contribution in [0.15, 0.2) is 0 Å². The third-order valence-electron chi connectivity index (χ3n) is 2.94. The van der Waals surface area contributed by atoms with E-state index in [9.17, 15) is 0 Å². The molecule has 2 heteroatoms. The van der Waals surface area contributed by atoms with Crippen molar-refractivity contribution in [3.05, 3.63) is 0 Å². The van der Waals surface area contributed by atoms with E-state index in [0.717, 1.165) is 0 Å². The molecular formula is C7H14N2. The van der Waals surface area contributed by atoms with Crippen molar-refractivity contribution in [1.29, 1.82) is 0 Å². The van der Waals surface area contributed by atoms with Crippen LogP contribution in [0.1, 0.15) is 12.8 Å². The van der Waals surface area contributed by atoms with Crippen LogP contribution < -0.4 is 5.32 Å². The molecule has 52 valence electrons. The van der Waals surface area contributed by atoms with Gasteiger partial charge in [-0.15, -0.1) is 0 Å². The Morgan fingerprint density at radius 1 is 1.44 bits per heavy atom. The lowest BCUT2D eigenvalue weighted by Gasteiger charge is -2.48. The molecule has 0 saturated carbocycles. The Morgan fingerprint density at radius 2 is 2.33 bits per heavy atom. The third-order valence-corrected chi connectivity index (χ3v) is 2.94. The molecule has 2 fully saturated rings. The molecule has 0 radical (unpaired) electrons. The Labute approximate surface area is 56.2 Å². The second-order valence-corrected chi connectivity index (χ2v) is 3.32. The quantitative estimate of drug-likeness (QED) is 0.493. The van der Waals surface area contributed by atoms with Gasteiger partial charge >= 0.3 is 0 Å². The van der Waals surface area contributed by atoms with E-state index in [0.29, 0.717) is 5.54 Å². The normalized spacial score (nSPS) is 43.7. The summed E-state index contributed by atoms with van der Waals surface area (Å²) in [5.74, 6) is 0. The minimum Gasteiger partial charge on any atom is -0.315 e.